The molecular formula is C38H47N13O7. The van der Waals surface area contributed by atoms with Crippen LogP contribution in [0.3, 0.4) is 0 Å². The van der Waals surface area contributed by atoms with Crippen molar-refractivity contribution in [3.05, 3.63) is 84.0 Å². The van der Waals surface area contributed by atoms with Crippen molar-refractivity contribution in [2.75, 3.05) is 34.4 Å². The quantitative estimate of drug-likeness (QED) is 0.0910. The number of carbonyl (C=O) groups is 7. The molecule has 5 aromatic heterocycles. The van der Waals surface area contributed by atoms with Gasteiger partial charge in [-0.1, -0.05) is 20.8 Å². The van der Waals surface area contributed by atoms with Crippen LogP contribution in [-0.2, 0) is 44.8 Å². The van der Waals surface area contributed by atoms with Gasteiger partial charge in [-0.3, -0.25) is 33.6 Å². The molecule has 5 rings (SSSR count). The second-order valence-electron chi connectivity index (χ2n) is 14.7. The number of imidazole rings is 2. The van der Waals surface area contributed by atoms with Gasteiger partial charge in [0.05, 0.1) is 11.4 Å². The van der Waals surface area contributed by atoms with Crippen LogP contribution < -0.4 is 31.9 Å². The van der Waals surface area contributed by atoms with Crippen molar-refractivity contribution in [2.24, 2.45) is 40.7 Å². The third-order valence-electron chi connectivity index (χ3n) is 8.95. The van der Waals surface area contributed by atoms with E-state index in [1.165, 1.54) is 42.8 Å². The molecule has 6 amide bonds. The fourth-order valence-corrected chi connectivity index (χ4v) is 5.78. The van der Waals surface area contributed by atoms with Gasteiger partial charge >= 0.3 is 0 Å². The lowest BCUT2D eigenvalue weighted by molar-refractivity contribution is -0.126. The fourth-order valence-electron chi connectivity index (χ4n) is 5.78. The molecule has 0 fully saturated rings. The molecule has 20 heteroatoms. The van der Waals surface area contributed by atoms with Crippen LogP contribution in [0, 0.1) is 5.41 Å². The molecule has 0 aliphatic heterocycles. The molecule has 306 valence electrons. The first kappa shape index (κ1) is 41.9. The molecule has 5 heterocycles. The first-order valence-electron chi connectivity index (χ1n) is 18.1. The molecule has 5 aromatic rings. The van der Waals surface area contributed by atoms with Crippen molar-refractivity contribution < 1.29 is 33.6 Å². The average Bonchev–Trinajstić information content (AvgIpc) is 3.97. The zero-order valence-corrected chi connectivity index (χ0v) is 33.5. The van der Waals surface area contributed by atoms with Crippen LogP contribution in [0.25, 0.3) is 0 Å². The van der Waals surface area contributed by atoms with E-state index < -0.39 is 35.0 Å². The Hall–Kier alpha value is -7.25. The average molecular weight is 798 g/mol. The van der Waals surface area contributed by atoms with Crippen LogP contribution in [0.4, 0.5) is 23.0 Å². The molecule has 0 aliphatic carbocycles. The van der Waals surface area contributed by atoms with Gasteiger partial charge in [-0.25, -0.2) is 9.97 Å². The van der Waals surface area contributed by atoms with Gasteiger partial charge in [0, 0.05) is 97.6 Å². The predicted octanol–water partition coefficient (Wildman–Crippen LogP) is 2.42. The third-order valence-corrected chi connectivity index (χ3v) is 8.95. The zero-order chi connectivity index (χ0) is 42.5. The van der Waals surface area contributed by atoms with Gasteiger partial charge in [0.25, 0.3) is 29.5 Å². The Morgan fingerprint density at radius 2 is 1.02 bits per heavy atom. The van der Waals surface area contributed by atoms with Gasteiger partial charge in [0.2, 0.25) is 17.6 Å². The topological polar surface area (TPSA) is 242 Å². The van der Waals surface area contributed by atoms with E-state index in [4.69, 9.17) is 0 Å². The maximum atomic E-state index is 13.2. The van der Waals surface area contributed by atoms with E-state index in [1.807, 2.05) is 20.8 Å². The number of rotatable bonds is 15. The van der Waals surface area contributed by atoms with Gasteiger partial charge in [0.15, 0.2) is 11.6 Å². The summed E-state index contributed by atoms with van der Waals surface area (Å²) in [4.78, 5) is 97.6. The number of anilines is 4. The molecule has 0 atom stereocenters. The number of carbonyl (C=O) groups excluding carboxylic acids is 7. The number of ketones is 1. The Morgan fingerprint density at radius 1 is 0.552 bits per heavy atom. The highest BCUT2D eigenvalue weighted by Crippen LogP contribution is 2.20. The van der Waals surface area contributed by atoms with Crippen LogP contribution in [0.2, 0.25) is 0 Å². The lowest BCUT2D eigenvalue weighted by Crippen LogP contribution is -2.31. The molecule has 0 radical (unpaired) electrons. The van der Waals surface area contributed by atoms with Crippen molar-refractivity contribution in [3.63, 3.8) is 0 Å². The van der Waals surface area contributed by atoms with Crippen molar-refractivity contribution in [3.8, 4) is 0 Å². The molecule has 6 N–H and O–H groups in total. The van der Waals surface area contributed by atoms with Gasteiger partial charge in [-0.15, -0.1) is 0 Å². The van der Waals surface area contributed by atoms with E-state index >= 15 is 0 Å². The molecule has 58 heavy (non-hydrogen) atoms. The van der Waals surface area contributed by atoms with Gasteiger partial charge < -0.3 is 54.7 Å². The molecule has 0 aliphatic rings. The second kappa shape index (κ2) is 17.3. The molecule has 0 bridgehead atoms. The smallest absolute Gasteiger partial charge is 0.287 e. The first-order valence-corrected chi connectivity index (χ1v) is 18.1. The summed E-state index contributed by atoms with van der Waals surface area (Å²) in [6.45, 7) is 5.58. The maximum absolute atomic E-state index is 13.2. The number of hydrogen-bond donors (Lipinski definition) is 6. The molecule has 0 spiro atoms. The van der Waals surface area contributed by atoms with Crippen molar-refractivity contribution in [1.82, 2.24) is 43.4 Å². The van der Waals surface area contributed by atoms with Crippen molar-refractivity contribution in [2.45, 2.75) is 33.6 Å². The second-order valence-corrected chi connectivity index (χ2v) is 14.7. The number of hydrogen-bond acceptors (Lipinski definition) is 9. The van der Waals surface area contributed by atoms with Gasteiger partial charge in [-0.05, 0) is 24.3 Å². The number of aromatic nitrogens is 7. The number of aryl methyl sites for hydroxylation is 5. The highest BCUT2D eigenvalue weighted by molar-refractivity contribution is 6.07. The molecule has 0 saturated carbocycles. The normalized spacial score (nSPS) is 11.2. The van der Waals surface area contributed by atoms with Crippen LogP contribution in [0.15, 0.2) is 55.2 Å². The van der Waals surface area contributed by atoms with E-state index in [9.17, 15) is 33.6 Å². The Bertz CT molecular complexity index is 2400. The third kappa shape index (κ3) is 10.1. The van der Waals surface area contributed by atoms with Gasteiger partial charge in [0.1, 0.15) is 22.9 Å². The maximum Gasteiger partial charge on any atom is 0.287 e. The fraction of sp³-hybridized carbons (Fsp3) is 0.342. The summed E-state index contributed by atoms with van der Waals surface area (Å²) in [6.07, 6.45) is 7.93. The minimum absolute atomic E-state index is 0.00941. The predicted molar refractivity (Wildman–Crippen MR) is 214 cm³/mol. The van der Waals surface area contributed by atoms with E-state index in [0.717, 1.165) is 0 Å². The Kier molecular flexibility index (Phi) is 12.5. The summed E-state index contributed by atoms with van der Waals surface area (Å²) in [5.74, 6) is -2.45. The van der Waals surface area contributed by atoms with Crippen LogP contribution in [0.5, 0.6) is 0 Å². The number of Topliss-reactive ketones (excluding diaryl/α,β-unsaturated/α-hetero) is 1. The largest absolute Gasteiger partial charge is 0.349 e. The molecule has 20 nitrogen and oxygen atoms in total. The standard InChI is InChI=1S/C38H47N13O7/c1-38(2,3)27(52)11-13-39-36(57)31-44-29(21-51(31)8)46-35(56)26-17-23(19-49(26)6)42-34(55)25-16-22(18-48(25)5)41-30(53)12-14-40-37(58)32-43-28(20-50(32)7)45-33(54)24-10-9-15-47(24)4/h9-10,15-21H,11-14H2,1-8H3,(H,39,57)(H,40,58)(H,41,53)(H,42,55)(H,45,54)(H,46,56). The first-order chi connectivity index (χ1) is 27.3. The molecule has 0 aromatic carbocycles. The van der Waals surface area contributed by atoms with E-state index in [2.05, 4.69) is 41.9 Å². The molecular weight excluding hydrogens is 751 g/mol. The lowest BCUT2D eigenvalue weighted by atomic mass is 9.89. The Morgan fingerprint density at radius 3 is 1.50 bits per heavy atom. The summed E-state index contributed by atoms with van der Waals surface area (Å²) in [6, 6.07) is 6.35. The van der Waals surface area contributed by atoms with E-state index in [0.29, 0.717) is 17.1 Å². The van der Waals surface area contributed by atoms with Crippen LogP contribution >= 0.6 is 0 Å². The minimum atomic E-state index is -0.541. The summed E-state index contributed by atoms with van der Waals surface area (Å²) in [5.41, 5.74) is 0.990. The highest BCUT2D eigenvalue weighted by Gasteiger charge is 2.23. The van der Waals surface area contributed by atoms with Crippen LogP contribution in [-0.4, -0.2) is 87.1 Å². The Labute approximate surface area is 333 Å². The van der Waals surface area contributed by atoms with Crippen molar-refractivity contribution >= 4 is 64.2 Å². The number of nitrogens with one attached hydrogen (secondary N) is 6. The van der Waals surface area contributed by atoms with Crippen LogP contribution in [0.1, 0.15) is 86.3 Å². The summed E-state index contributed by atoms with van der Waals surface area (Å²) < 4.78 is 7.61. The van der Waals surface area contributed by atoms with Crippen molar-refractivity contribution in [1.29, 1.82) is 0 Å². The summed E-state index contributed by atoms with van der Waals surface area (Å²) in [7, 11) is 8.20. The van der Waals surface area contributed by atoms with Gasteiger partial charge in [-0.2, -0.15) is 0 Å². The van der Waals surface area contributed by atoms with E-state index in [1.54, 1.807) is 70.5 Å². The zero-order valence-electron chi connectivity index (χ0n) is 33.5. The summed E-state index contributed by atoms with van der Waals surface area (Å²) >= 11 is 0. The monoisotopic (exact) mass is 797 g/mol. The lowest BCUT2D eigenvalue weighted by Gasteiger charge is -2.16. The molecule has 0 unspecified atom stereocenters. The number of amides is 6. The molecule has 0 saturated heterocycles. The van der Waals surface area contributed by atoms with E-state index in [-0.39, 0.29) is 72.3 Å². The highest BCUT2D eigenvalue weighted by atomic mass is 16.2. The Balaban J connectivity index is 1.09. The number of nitrogens with zero attached hydrogens (tertiary/aromatic N) is 7. The minimum Gasteiger partial charge on any atom is -0.349 e. The SMILES string of the molecule is Cn1cc(NC(=O)CCNC(=O)c2nc(NC(=O)c3cccn3C)cn2C)cc1C(=O)Nc1cc(C(=O)Nc2cn(C)c(C(=O)NCCC(=O)C(C)(C)C)n2)n(C)c1. The summed E-state index contributed by atoms with van der Waals surface area (Å²) in [5, 5.41) is 16.1.